The van der Waals surface area contributed by atoms with Gasteiger partial charge in [-0.15, -0.1) is 0 Å². The van der Waals surface area contributed by atoms with Crippen LogP contribution in [0.2, 0.25) is 0 Å². The molecule has 1 unspecified atom stereocenters. The zero-order chi connectivity index (χ0) is 23.0. The molecule has 1 aliphatic heterocycles. The van der Waals surface area contributed by atoms with Crippen molar-refractivity contribution in [2.45, 2.75) is 19.6 Å². The molecule has 0 radical (unpaired) electrons. The van der Waals surface area contributed by atoms with Gasteiger partial charge in [0.15, 0.2) is 0 Å². The lowest BCUT2D eigenvalue weighted by molar-refractivity contribution is -0.119. The van der Waals surface area contributed by atoms with Crippen LogP contribution < -0.4 is 10.2 Å². The second kappa shape index (κ2) is 10.4. The number of anilines is 1. The minimum absolute atomic E-state index is 0.163. The van der Waals surface area contributed by atoms with Gasteiger partial charge in [0, 0.05) is 18.7 Å². The van der Waals surface area contributed by atoms with Crippen LogP contribution in [0.4, 0.5) is 10.6 Å². The van der Waals surface area contributed by atoms with E-state index in [1.807, 2.05) is 60.7 Å². The Kier molecular flexibility index (Phi) is 6.94. The van der Waals surface area contributed by atoms with Crippen LogP contribution in [0, 0.1) is 0 Å². The van der Waals surface area contributed by atoms with E-state index >= 15 is 0 Å². The predicted octanol–water partition coefficient (Wildman–Crippen LogP) is 3.76. The van der Waals surface area contributed by atoms with Gasteiger partial charge in [-0.25, -0.2) is 9.78 Å². The van der Waals surface area contributed by atoms with Gasteiger partial charge < -0.3 is 14.9 Å². The van der Waals surface area contributed by atoms with Gasteiger partial charge in [-0.2, -0.15) is 0 Å². The monoisotopic (exact) mass is 444 g/mol. The molecule has 0 saturated carbocycles. The Morgan fingerprint density at radius 2 is 1.91 bits per heavy atom. The Morgan fingerprint density at radius 3 is 2.61 bits per heavy atom. The molecule has 8 heteroatoms. The van der Waals surface area contributed by atoms with Crippen LogP contribution >= 0.6 is 0 Å². The van der Waals surface area contributed by atoms with Crippen molar-refractivity contribution in [1.82, 2.24) is 10.3 Å². The summed E-state index contributed by atoms with van der Waals surface area (Å²) >= 11 is 0. The van der Waals surface area contributed by atoms with Gasteiger partial charge in [0.1, 0.15) is 18.5 Å². The van der Waals surface area contributed by atoms with Crippen LogP contribution in [-0.2, 0) is 21.0 Å². The maximum atomic E-state index is 12.1. The first-order valence-electron chi connectivity index (χ1n) is 10.6. The quantitative estimate of drug-likeness (QED) is 0.422. The average Bonchev–Trinajstić information content (AvgIpc) is 3.22. The molecule has 8 nitrogen and oxygen atoms in total. The number of amides is 2. The van der Waals surface area contributed by atoms with E-state index in [0.717, 1.165) is 22.3 Å². The van der Waals surface area contributed by atoms with Gasteiger partial charge in [-0.1, -0.05) is 59.8 Å². The van der Waals surface area contributed by atoms with Crippen LogP contribution in [0.15, 0.2) is 78.1 Å². The number of oxime groups is 1. The number of nitrogens with one attached hydrogen (secondary N) is 1. The molecule has 0 bridgehead atoms. The number of nitrogens with zero attached hydrogens (tertiary/aromatic N) is 3. The minimum atomic E-state index is -0.469. The van der Waals surface area contributed by atoms with Gasteiger partial charge in [-0.3, -0.25) is 9.69 Å². The Hall–Kier alpha value is -4.20. The fraction of sp³-hybridized carbons (Fsp3) is 0.200. The fourth-order valence-electron chi connectivity index (χ4n) is 3.33. The van der Waals surface area contributed by atoms with Crippen LogP contribution in [0.25, 0.3) is 11.1 Å². The molecule has 1 saturated heterocycles. The summed E-state index contributed by atoms with van der Waals surface area (Å²) in [6, 6.07) is 21.4. The van der Waals surface area contributed by atoms with Crippen molar-refractivity contribution in [3.63, 3.8) is 0 Å². The Bertz CT molecular complexity index is 1120. The zero-order valence-electron chi connectivity index (χ0n) is 18.2. The summed E-state index contributed by atoms with van der Waals surface area (Å²) < 4.78 is 5.28. The number of hydrogen-bond acceptors (Lipinski definition) is 6. The Labute approximate surface area is 191 Å². The van der Waals surface area contributed by atoms with E-state index in [1.54, 1.807) is 18.5 Å². The Balaban J connectivity index is 1.33. The summed E-state index contributed by atoms with van der Waals surface area (Å²) in [5, 5.41) is 6.68. The van der Waals surface area contributed by atoms with Crippen molar-refractivity contribution in [3.8, 4) is 11.1 Å². The lowest BCUT2D eigenvalue weighted by Gasteiger charge is -2.12. The zero-order valence-corrected chi connectivity index (χ0v) is 18.2. The largest absolute Gasteiger partial charge is 0.442 e. The first kappa shape index (κ1) is 22.0. The molecule has 0 spiro atoms. The molecule has 168 valence electrons. The lowest BCUT2D eigenvalue weighted by Crippen LogP contribution is -2.33. The highest BCUT2D eigenvalue weighted by Gasteiger charge is 2.33. The van der Waals surface area contributed by atoms with E-state index in [9.17, 15) is 9.59 Å². The number of aromatic nitrogens is 1. The van der Waals surface area contributed by atoms with Crippen molar-refractivity contribution in [2.24, 2.45) is 5.16 Å². The second-order valence-electron chi connectivity index (χ2n) is 7.57. The maximum Gasteiger partial charge on any atom is 0.416 e. The Morgan fingerprint density at radius 1 is 1.15 bits per heavy atom. The van der Waals surface area contributed by atoms with E-state index in [-0.39, 0.29) is 12.5 Å². The highest BCUT2D eigenvalue weighted by Crippen LogP contribution is 2.24. The number of benzene rings is 2. The first-order valence-corrected chi connectivity index (χ1v) is 10.6. The molecule has 0 aliphatic carbocycles. The number of carbonyl (C=O) groups excluding carboxylic acids is 2. The van der Waals surface area contributed by atoms with Crippen molar-refractivity contribution in [2.75, 3.05) is 18.0 Å². The highest BCUT2D eigenvalue weighted by atomic mass is 16.6. The van der Waals surface area contributed by atoms with E-state index in [1.165, 1.54) is 11.8 Å². The highest BCUT2D eigenvalue weighted by molar-refractivity contribution is 5.89. The lowest BCUT2D eigenvalue weighted by atomic mass is 10.1. The minimum Gasteiger partial charge on any atom is -0.442 e. The van der Waals surface area contributed by atoms with E-state index < -0.39 is 12.2 Å². The third-order valence-corrected chi connectivity index (χ3v) is 5.07. The normalized spacial score (nSPS) is 15.5. The number of rotatable bonds is 8. The van der Waals surface area contributed by atoms with E-state index in [0.29, 0.717) is 19.0 Å². The fourth-order valence-corrected chi connectivity index (χ4v) is 3.33. The summed E-state index contributed by atoms with van der Waals surface area (Å²) in [4.78, 5) is 34.4. The number of pyridine rings is 1. The molecule has 2 heterocycles. The summed E-state index contributed by atoms with van der Waals surface area (Å²) in [6.45, 7) is 2.47. The summed E-state index contributed by atoms with van der Waals surface area (Å²) in [5.74, 6) is 0.345. The molecule has 1 N–H and O–H groups in total. The second-order valence-corrected chi connectivity index (χ2v) is 7.57. The van der Waals surface area contributed by atoms with Crippen molar-refractivity contribution in [3.05, 3.63) is 84.1 Å². The molecule has 1 fully saturated rings. The van der Waals surface area contributed by atoms with Crippen LogP contribution in [0.3, 0.4) is 0 Å². The van der Waals surface area contributed by atoms with Crippen LogP contribution in [0.1, 0.15) is 18.1 Å². The van der Waals surface area contributed by atoms with Crippen LogP contribution in [0.5, 0.6) is 0 Å². The topological polar surface area (TPSA) is 93.1 Å². The molecule has 3 aromatic rings. The molecule has 4 rings (SSSR count). The molecule has 33 heavy (non-hydrogen) atoms. The average molecular weight is 444 g/mol. The summed E-state index contributed by atoms with van der Waals surface area (Å²) in [5.41, 5.74) is 3.89. The van der Waals surface area contributed by atoms with Crippen molar-refractivity contribution in [1.29, 1.82) is 0 Å². The van der Waals surface area contributed by atoms with E-state index in [2.05, 4.69) is 15.5 Å². The first-order chi connectivity index (χ1) is 16.1. The molecule has 1 atom stereocenters. The molecule has 2 aromatic carbocycles. The van der Waals surface area contributed by atoms with Crippen LogP contribution in [-0.4, -0.2) is 42.4 Å². The molecule has 2 amide bonds. The number of carbonyl (C=O) groups is 2. The number of cyclic esters (lactones) is 1. The molecule has 1 aliphatic rings. The third-order valence-electron chi connectivity index (χ3n) is 5.07. The third kappa shape index (κ3) is 5.94. The smallest absolute Gasteiger partial charge is 0.416 e. The van der Waals surface area contributed by atoms with Gasteiger partial charge in [0.05, 0.1) is 19.3 Å². The van der Waals surface area contributed by atoms with Gasteiger partial charge in [0.25, 0.3) is 0 Å². The predicted molar refractivity (Wildman–Crippen MR) is 125 cm³/mol. The maximum absolute atomic E-state index is 12.1. The summed E-state index contributed by atoms with van der Waals surface area (Å²) in [6.07, 6.45) is 2.53. The van der Waals surface area contributed by atoms with E-state index in [4.69, 9.17) is 9.57 Å². The standard InChI is InChI=1S/C25H24N4O4/c1-18(30)26-15-23-16-29(25(31)33-23)24-12-11-22(14-27-24)21-9-7-19(8-10-21)13-28-32-17-20-5-3-2-4-6-20/h2-14,23H,15-17H2,1H3,(H,26,30)/b28-13+. The van der Waals surface area contributed by atoms with Gasteiger partial charge in [-0.05, 0) is 28.8 Å². The molecular formula is C25H24N4O4. The van der Waals surface area contributed by atoms with Crippen molar-refractivity contribution >= 4 is 24.0 Å². The summed E-state index contributed by atoms with van der Waals surface area (Å²) in [7, 11) is 0. The van der Waals surface area contributed by atoms with Gasteiger partial charge >= 0.3 is 6.09 Å². The molecule has 1 aromatic heterocycles. The number of ether oxygens (including phenoxy) is 1. The van der Waals surface area contributed by atoms with Gasteiger partial charge in [0.2, 0.25) is 5.91 Å². The van der Waals surface area contributed by atoms with Crippen molar-refractivity contribution < 1.29 is 19.2 Å². The SMILES string of the molecule is CC(=O)NCC1CN(c2ccc(-c3ccc(/C=N/OCc4ccccc4)cc3)cn2)C(=O)O1. The molecular weight excluding hydrogens is 420 g/mol. The number of hydrogen-bond donors (Lipinski definition) is 1.